The predicted molar refractivity (Wildman–Crippen MR) is 95.7 cm³/mol. The molecule has 1 amide bonds. The minimum atomic E-state index is -0.257. The molecule has 1 N–H and O–H groups in total. The lowest BCUT2D eigenvalue weighted by Crippen LogP contribution is -2.48. The van der Waals surface area contributed by atoms with Gasteiger partial charge < -0.3 is 10.2 Å². The number of halogens is 1. The van der Waals surface area contributed by atoms with Crippen LogP contribution in [0, 0.1) is 5.82 Å². The van der Waals surface area contributed by atoms with Crippen molar-refractivity contribution in [3.05, 3.63) is 57.5 Å². The van der Waals surface area contributed by atoms with Gasteiger partial charge in [-0.15, -0.1) is 11.3 Å². The smallest absolute Gasteiger partial charge is 0.237 e. The molecule has 0 aliphatic carbocycles. The number of fused-ring (bicyclic) bond motifs is 1. The zero-order valence-electron chi connectivity index (χ0n) is 14.3. The Hall–Kier alpha value is -1.72. The second-order valence-electron chi connectivity index (χ2n) is 7.19. The SMILES string of the molecule is CC(C)(C)NCC(=O)N1CCc2sccc2[C@@H]1c1ccc(F)cc1. The second-order valence-corrected chi connectivity index (χ2v) is 8.19. The summed E-state index contributed by atoms with van der Waals surface area (Å²) in [6.45, 7) is 7.14. The molecule has 0 fully saturated rings. The second kappa shape index (κ2) is 6.65. The Kier molecular flexibility index (Phi) is 4.74. The lowest BCUT2D eigenvalue weighted by Gasteiger charge is -2.37. The Morgan fingerprint density at radius 3 is 2.67 bits per heavy atom. The Balaban J connectivity index is 1.90. The van der Waals surface area contributed by atoms with E-state index in [9.17, 15) is 9.18 Å². The zero-order chi connectivity index (χ0) is 17.3. The lowest BCUT2D eigenvalue weighted by atomic mass is 9.93. The van der Waals surface area contributed by atoms with Crippen molar-refractivity contribution in [1.82, 2.24) is 10.2 Å². The monoisotopic (exact) mass is 346 g/mol. The molecule has 1 aliphatic rings. The normalized spacial score (nSPS) is 17.7. The molecule has 2 aromatic rings. The van der Waals surface area contributed by atoms with Crippen LogP contribution >= 0.6 is 11.3 Å². The van der Waals surface area contributed by atoms with E-state index in [1.54, 1.807) is 23.5 Å². The highest BCUT2D eigenvalue weighted by Gasteiger charge is 2.32. The van der Waals surface area contributed by atoms with Crippen molar-refractivity contribution in [2.75, 3.05) is 13.1 Å². The topological polar surface area (TPSA) is 32.3 Å². The van der Waals surface area contributed by atoms with Crippen molar-refractivity contribution in [2.24, 2.45) is 0 Å². The molecule has 128 valence electrons. The van der Waals surface area contributed by atoms with E-state index in [1.165, 1.54) is 22.6 Å². The maximum Gasteiger partial charge on any atom is 0.237 e. The van der Waals surface area contributed by atoms with Gasteiger partial charge in [-0.3, -0.25) is 4.79 Å². The standard InChI is InChI=1S/C19H23FN2OS/c1-19(2,3)21-12-17(23)22-10-8-16-15(9-11-24-16)18(22)13-4-6-14(20)7-5-13/h4-7,9,11,18,21H,8,10,12H2,1-3H3/t18-/m0/s1. The number of nitrogens with zero attached hydrogens (tertiary/aromatic N) is 1. The summed E-state index contributed by atoms with van der Waals surface area (Å²) >= 11 is 1.73. The van der Waals surface area contributed by atoms with Crippen molar-refractivity contribution < 1.29 is 9.18 Å². The maximum absolute atomic E-state index is 13.3. The van der Waals surface area contributed by atoms with Gasteiger partial charge >= 0.3 is 0 Å². The quantitative estimate of drug-likeness (QED) is 0.918. The molecule has 2 heterocycles. The molecule has 0 bridgehead atoms. The number of nitrogens with one attached hydrogen (secondary N) is 1. The van der Waals surface area contributed by atoms with E-state index in [0.29, 0.717) is 13.1 Å². The minimum Gasteiger partial charge on any atom is -0.330 e. The highest BCUT2D eigenvalue weighted by Crippen LogP contribution is 2.37. The highest BCUT2D eigenvalue weighted by atomic mass is 32.1. The summed E-state index contributed by atoms with van der Waals surface area (Å²) in [5.41, 5.74) is 2.02. The zero-order valence-corrected chi connectivity index (χ0v) is 15.1. The third-order valence-electron chi connectivity index (χ3n) is 4.24. The molecule has 0 saturated carbocycles. The number of rotatable bonds is 3. The van der Waals surface area contributed by atoms with E-state index in [-0.39, 0.29) is 23.3 Å². The molecule has 1 atom stereocenters. The van der Waals surface area contributed by atoms with Gasteiger partial charge in [-0.2, -0.15) is 0 Å². The fraction of sp³-hybridized carbons (Fsp3) is 0.421. The summed E-state index contributed by atoms with van der Waals surface area (Å²) in [7, 11) is 0. The van der Waals surface area contributed by atoms with E-state index in [1.807, 2.05) is 25.7 Å². The maximum atomic E-state index is 13.3. The number of hydrogen-bond acceptors (Lipinski definition) is 3. The fourth-order valence-electron chi connectivity index (χ4n) is 3.03. The molecule has 5 heteroatoms. The molecule has 1 aromatic heterocycles. The first-order valence-corrected chi connectivity index (χ1v) is 9.09. The van der Waals surface area contributed by atoms with Crippen LogP contribution in [0.4, 0.5) is 4.39 Å². The van der Waals surface area contributed by atoms with Crippen LogP contribution in [0.2, 0.25) is 0 Å². The number of hydrogen-bond donors (Lipinski definition) is 1. The first-order chi connectivity index (χ1) is 11.3. The summed E-state index contributed by atoms with van der Waals surface area (Å²) in [5, 5.41) is 5.34. The van der Waals surface area contributed by atoms with Gasteiger partial charge in [-0.25, -0.2) is 4.39 Å². The number of thiophene rings is 1. The average molecular weight is 346 g/mol. The van der Waals surface area contributed by atoms with Gasteiger partial charge in [0.2, 0.25) is 5.91 Å². The summed E-state index contributed by atoms with van der Waals surface area (Å²) in [6.07, 6.45) is 0.881. The first-order valence-electron chi connectivity index (χ1n) is 8.21. The van der Waals surface area contributed by atoms with Crippen molar-refractivity contribution >= 4 is 17.2 Å². The number of amides is 1. The van der Waals surface area contributed by atoms with Crippen molar-refractivity contribution in [3.63, 3.8) is 0 Å². The Bertz CT molecular complexity index is 718. The Labute approximate surface area is 146 Å². The van der Waals surface area contributed by atoms with Crippen molar-refractivity contribution in [3.8, 4) is 0 Å². The summed E-state index contributed by atoms with van der Waals surface area (Å²) in [4.78, 5) is 16.1. The van der Waals surface area contributed by atoms with Gasteiger partial charge in [0.1, 0.15) is 5.82 Å². The minimum absolute atomic E-state index is 0.0797. The lowest BCUT2D eigenvalue weighted by molar-refractivity contribution is -0.132. The van der Waals surface area contributed by atoms with Gasteiger partial charge in [-0.05, 0) is 61.9 Å². The molecule has 1 aromatic carbocycles. The van der Waals surface area contributed by atoms with Crippen LogP contribution in [-0.4, -0.2) is 29.4 Å². The molecule has 0 radical (unpaired) electrons. The van der Waals surface area contributed by atoms with Gasteiger partial charge in [0.15, 0.2) is 0 Å². The van der Waals surface area contributed by atoms with Gasteiger partial charge in [0.25, 0.3) is 0 Å². The number of benzene rings is 1. The predicted octanol–water partition coefficient (Wildman–Crippen LogP) is 3.75. The van der Waals surface area contributed by atoms with Crippen LogP contribution in [0.25, 0.3) is 0 Å². The summed E-state index contributed by atoms with van der Waals surface area (Å²) < 4.78 is 13.3. The van der Waals surface area contributed by atoms with Gasteiger partial charge in [0, 0.05) is 17.0 Å². The van der Waals surface area contributed by atoms with Gasteiger partial charge in [0.05, 0.1) is 12.6 Å². The van der Waals surface area contributed by atoms with E-state index in [2.05, 4.69) is 16.8 Å². The number of carbonyl (C=O) groups is 1. The molecule has 1 aliphatic heterocycles. The van der Waals surface area contributed by atoms with Crippen LogP contribution < -0.4 is 5.32 Å². The molecule has 3 rings (SSSR count). The van der Waals surface area contributed by atoms with Crippen LogP contribution in [0.15, 0.2) is 35.7 Å². The summed E-state index contributed by atoms with van der Waals surface area (Å²) in [5.74, 6) is -0.177. The Morgan fingerprint density at radius 2 is 2.00 bits per heavy atom. The van der Waals surface area contributed by atoms with E-state index in [0.717, 1.165) is 12.0 Å². The third-order valence-corrected chi connectivity index (χ3v) is 5.24. The van der Waals surface area contributed by atoms with Crippen LogP contribution in [0.5, 0.6) is 0 Å². The average Bonchev–Trinajstić information content (AvgIpc) is 3.00. The molecular weight excluding hydrogens is 323 g/mol. The molecule has 0 saturated heterocycles. The Morgan fingerprint density at radius 1 is 1.29 bits per heavy atom. The van der Waals surface area contributed by atoms with Crippen LogP contribution in [0.3, 0.4) is 0 Å². The third kappa shape index (κ3) is 3.68. The molecule has 0 unspecified atom stereocenters. The molecule has 0 spiro atoms. The van der Waals surface area contributed by atoms with Crippen LogP contribution in [0.1, 0.15) is 42.8 Å². The fourth-order valence-corrected chi connectivity index (χ4v) is 3.94. The molecule has 24 heavy (non-hydrogen) atoms. The summed E-state index contributed by atoms with van der Waals surface area (Å²) in [6, 6.07) is 8.45. The highest BCUT2D eigenvalue weighted by molar-refractivity contribution is 7.10. The number of carbonyl (C=O) groups excluding carboxylic acids is 1. The van der Waals surface area contributed by atoms with E-state index in [4.69, 9.17) is 0 Å². The van der Waals surface area contributed by atoms with Crippen LogP contribution in [-0.2, 0) is 11.2 Å². The molecular formula is C19H23FN2OS. The molecule has 3 nitrogen and oxygen atoms in total. The largest absolute Gasteiger partial charge is 0.330 e. The van der Waals surface area contributed by atoms with Crippen molar-refractivity contribution in [2.45, 2.75) is 38.8 Å². The van der Waals surface area contributed by atoms with Gasteiger partial charge in [-0.1, -0.05) is 12.1 Å². The van der Waals surface area contributed by atoms with Crippen molar-refractivity contribution in [1.29, 1.82) is 0 Å². The van der Waals surface area contributed by atoms with E-state index >= 15 is 0 Å². The first kappa shape index (κ1) is 17.1. The van der Waals surface area contributed by atoms with E-state index < -0.39 is 0 Å².